The Labute approximate surface area is 183 Å². The normalized spacial score (nSPS) is 10.7. The van der Waals surface area contributed by atoms with Crippen LogP contribution in [0.2, 0.25) is 0 Å². The maximum Gasteiger partial charge on any atom is 0.292 e. The lowest BCUT2D eigenvalue weighted by molar-refractivity contribution is -0.384. The molecule has 1 N–H and O–H groups in total. The van der Waals surface area contributed by atoms with Gasteiger partial charge in [-0.05, 0) is 36.8 Å². The van der Waals surface area contributed by atoms with Gasteiger partial charge in [-0.15, -0.1) is 0 Å². The zero-order valence-electron chi connectivity index (χ0n) is 17.2. The second-order valence-electron chi connectivity index (χ2n) is 7.15. The van der Waals surface area contributed by atoms with Crippen molar-refractivity contribution in [2.24, 2.45) is 0 Å². The first-order valence-electron chi connectivity index (χ1n) is 9.82. The molecule has 4 rings (SSSR count). The van der Waals surface area contributed by atoms with E-state index in [4.69, 9.17) is 9.15 Å². The number of rotatable bonds is 8. The highest BCUT2D eigenvalue weighted by molar-refractivity contribution is 6.01. The summed E-state index contributed by atoms with van der Waals surface area (Å²) in [5.74, 6) is 1.02. The van der Waals surface area contributed by atoms with Crippen LogP contribution >= 0.6 is 0 Å². The molecule has 9 nitrogen and oxygen atoms in total. The van der Waals surface area contributed by atoms with Crippen molar-refractivity contribution in [3.63, 3.8) is 0 Å². The summed E-state index contributed by atoms with van der Waals surface area (Å²) in [5, 5.41) is 17.8. The minimum atomic E-state index is -0.479. The monoisotopic (exact) mass is 432 g/mol. The summed E-state index contributed by atoms with van der Waals surface area (Å²) in [4.78, 5) is 22.7. The number of furan rings is 1. The predicted octanol–water partition coefficient (Wildman–Crippen LogP) is 4.57. The molecule has 0 saturated carbocycles. The average Bonchev–Trinajstić information content (AvgIpc) is 3.42. The molecule has 2 aromatic heterocycles. The summed E-state index contributed by atoms with van der Waals surface area (Å²) >= 11 is 0. The van der Waals surface area contributed by atoms with Crippen LogP contribution in [0, 0.1) is 17.0 Å². The zero-order valence-corrected chi connectivity index (χ0v) is 17.2. The van der Waals surface area contributed by atoms with Crippen molar-refractivity contribution in [1.29, 1.82) is 0 Å². The van der Waals surface area contributed by atoms with E-state index in [-0.39, 0.29) is 18.1 Å². The number of aromatic nitrogens is 2. The Morgan fingerprint density at radius 1 is 1.16 bits per heavy atom. The molecule has 32 heavy (non-hydrogen) atoms. The number of amides is 1. The Bertz CT molecular complexity index is 1240. The molecule has 1 amide bonds. The van der Waals surface area contributed by atoms with E-state index in [0.29, 0.717) is 23.9 Å². The predicted molar refractivity (Wildman–Crippen MR) is 117 cm³/mol. The van der Waals surface area contributed by atoms with Crippen LogP contribution in [0.25, 0.3) is 0 Å². The van der Waals surface area contributed by atoms with Crippen molar-refractivity contribution in [2.45, 2.75) is 20.1 Å². The lowest BCUT2D eigenvalue weighted by atomic mass is 10.1. The first-order chi connectivity index (χ1) is 15.5. The number of carbonyl (C=O) groups excluding carboxylic acids is 1. The molecule has 0 bridgehead atoms. The van der Waals surface area contributed by atoms with Gasteiger partial charge in [0.15, 0.2) is 11.6 Å². The minimum absolute atomic E-state index is 0.0179. The van der Waals surface area contributed by atoms with E-state index in [9.17, 15) is 14.9 Å². The van der Waals surface area contributed by atoms with Crippen molar-refractivity contribution >= 4 is 17.4 Å². The molecule has 0 aliphatic carbocycles. The van der Waals surface area contributed by atoms with Gasteiger partial charge in [-0.2, -0.15) is 5.10 Å². The summed E-state index contributed by atoms with van der Waals surface area (Å²) in [7, 11) is 0. The van der Waals surface area contributed by atoms with E-state index in [1.807, 2.05) is 25.1 Å². The third-order valence-corrected chi connectivity index (χ3v) is 4.62. The highest BCUT2D eigenvalue weighted by Gasteiger charge is 2.14. The fourth-order valence-electron chi connectivity index (χ4n) is 3.09. The van der Waals surface area contributed by atoms with Crippen LogP contribution in [0.1, 0.15) is 27.4 Å². The van der Waals surface area contributed by atoms with Crippen molar-refractivity contribution in [2.75, 3.05) is 5.32 Å². The summed E-state index contributed by atoms with van der Waals surface area (Å²) in [6, 6.07) is 18.8. The van der Waals surface area contributed by atoms with Gasteiger partial charge in [-0.25, -0.2) is 0 Å². The molecular formula is C23H20N4O5. The molecule has 4 aromatic rings. The minimum Gasteiger partial charge on any atom is -0.486 e. The maximum absolute atomic E-state index is 12.5. The van der Waals surface area contributed by atoms with Gasteiger partial charge in [0.25, 0.3) is 11.6 Å². The van der Waals surface area contributed by atoms with E-state index in [1.165, 1.54) is 29.8 Å². The number of anilines is 1. The van der Waals surface area contributed by atoms with Gasteiger partial charge < -0.3 is 14.5 Å². The Hall–Kier alpha value is -4.40. The number of benzene rings is 2. The molecule has 9 heteroatoms. The van der Waals surface area contributed by atoms with Crippen molar-refractivity contribution < 1.29 is 18.9 Å². The zero-order chi connectivity index (χ0) is 22.5. The first kappa shape index (κ1) is 20.9. The smallest absolute Gasteiger partial charge is 0.292 e. The number of aryl methyl sites for hydroxylation is 1. The highest BCUT2D eigenvalue weighted by Crippen LogP contribution is 2.19. The number of hydrogen-bond donors (Lipinski definition) is 1. The van der Waals surface area contributed by atoms with Crippen LogP contribution in [0.5, 0.6) is 5.75 Å². The maximum atomic E-state index is 12.5. The van der Waals surface area contributed by atoms with E-state index < -0.39 is 10.8 Å². The molecule has 0 fully saturated rings. The van der Waals surface area contributed by atoms with Gasteiger partial charge in [-0.1, -0.05) is 29.8 Å². The van der Waals surface area contributed by atoms with Crippen LogP contribution in [0.3, 0.4) is 0 Å². The van der Waals surface area contributed by atoms with E-state index in [1.54, 1.807) is 29.1 Å². The standard InChI is InChI=1S/C23H20N4O5/c1-16-3-2-4-17(13-16)14-26-12-11-22(25-26)24-23(28)21-10-9-20(32-21)15-31-19-7-5-18(6-8-19)27(29)30/h2-13H,14-15H2,1H3,(H,24,25,28). The van der Waals surface area contributed by atoms with E-state index in [0.717, 1.165) is 5.56 Å². The van der Waals surface area contributed by atoms with Crippen LogP contribution in [0.4, 0.5) is 11.5 Å². The van der Waals surface area contributed by atoms with Gasteiger partial charge in [0.2, 0.25) is 0 Å². The van der Waals surface area contributed by atoms with E-state index >= 15 is 0 Å². The van der Waals surface area contributed by atoms with Gasteiger partial charge in [0.05, 0.1) is 11.5 Å². The molecule has 0 unspecified atom stereocenters. The Morgan fingerprint density at radius 2 is 1.97 bits per heavy atom. The van der Waals surface area contributed by atoms with Crippen molar-refractivity contribution in [3.05, 3.63) is 106 Å². The molecule has 0 spiro atoms. The van der Waals surface area contributed by atoms with Crippen LogP contribution in [-0.4, -0.2) is 20.6 Å². The summed E-state index contributed by atoms with van der Waals surface area (Å²) < 4.78 is 12.8. The number of nitro benzene ring substituents is 1. The fraction of sp³-hybridized carbons (Fsp3) is 0.130. The van der Waals surface area contributed by atoms with Crippen LogP contribution in [-0.2, 0) is 13.2 Å². The SMILES string of the molecule is Cc1cccc(Cn2ccc(NC(=O)c3ccc(COc4ccc([N+](=O)[O-])cc4)o3)n2)c1. The summed E-state index contributed by atoms with van der Waals surface area (Å²) in [6.07, 6.45) is 1.80. The second kappa shape index (κ2) is 9.17. The number of nitrogens with zero attached hydrogens (tertiary/aromatic N) is 3. The van der Waals surface area contributed by atoms with Crippen molar-refractivity contribution in [1.82, 2.24) is 9.78 Å². The average molecular weight is 432 g/mol. The third-order valence-electron chi connectivity index (χ3n) is 4.62. The second-order valence-corrected chi connectivity index (χ2v) is 7.15. The molecule has 2 aromatic carbocycles. The molecule has 0 atom stereocenters. The Morgan fingerprint density at radius 3 is 2.72 bits per heavy atom. The molecular weight excluding hydrogens is 412 g/mol. The summed E-state index contributed by atoms with van der Waals surface area (Å²) in [6.45, 7) is 2.71. The summed E-state index contributed by atoms with van der Waals surface area (Å²) in [5.41, 5.74) is 2.28. The molecule has 0 aliphatic rings. The van der Waals surface area contributed by atoms with E-state index in [2.05, 4.69) is 16.5 Å². The topological polar surface area (TPSA) is 112 Å². The van der Waals surface area contributed by atoms with Crippen LogP contribution < -0.4 is 10.1 Å². The number of carbonyl (C=O) groups is 1. The van der Waals surface area contributed by atoms with Gasteiger partial charge in [0, 0.05) is 24.4 Å². The number of ether oxygens (including phenoxy) is 1. The largest absolute Gasteiger partial charge is 0.486 e. The van der Waals surface area contributed by atoms with Gasteiger partial charge in [-0.3, -0.25) is 19.6 Å². The lowest BCUT2D eigenvalue weighted by Crippen LogP contribution is -2.12. The Balaban J connectivity index is 1.32. The lowest BCUT2D eigenvalue weighted by Gasteiger charge is -2.04. The quantitative estimate of drug-likeness (QED) is 0.322. The molecule has 0 saturated heterocycles. The molecule has 162 valence electrons. The van der Waals surface area contributed by atoms with Crippen molar-refractivity contribution in [3.8, 4) is 5.75 Å². The van der Waals surface area contributed by atoms with Crippen LogP contribution in [0.15, 0.2) is 77.3 Å². The molecule has 0 aliphatic heterocycles. The fourth-order valence-corrected chi connectivity index (χ4v) is 3.09. The van der Waals surface area contributed by atoms with Gasteiger partial charge in [0.1, 0.15) is 18.1 Å². The number of nitrogens with one attached hydrogen (secondary N) is 1. The number of nitro groups is 1. The number of hydrogen-bond acceptors (Lipinski definition) is 6. The third kappa shape index (κ3) is 5.20. The molecule has 0 radical (unpaired) electrons. The number of non-ortho nitro benzene ring substituents is 1. The Kier molecular flexibility index (Phi) is 5.98. The highest BCUT2D eigenvalue weighted by atomic mass is 16.6. The van der Waals surface area contributed by atoms with Gasteiger partial charge >= 0.3 is 0 Å². The first-order valence-corrected chi connectivity index (χ1v) is 9.82. The molecule has 2 heterocycles.